The summed E-state index contributed by atoms with van der Waals surface area (Å²) in [6.45, 7) is 0. The summed E-state index contributed by atoms with van der Waals surface area (Å²) in [6, 6.07) is 12.1. The molecule has 0 spiro atoms. The number of nitrogens with zero attached hydrogens (tertiary/aromatic N) is 3. The number of hydrogen-bond donors (Lipinski definition) is 0. The molecule has 0 N–H and O–H groups in total. The molecule has 0 radical (unpaired) electrons. The van der Waals surface area contributed by atoms with Gasteiger partial charge in [0.05, 0.1) is 12.0 Å². The zero-order chi connectivity index (χ0) is 11.2. The second kappa shape index (κ2) is 5.64. The van der Waals surface area contributed by atoms with Gasteiger partial charge in [-0.15, -0.1) is 0 Å². The van der Waals surface area contributed by atoms with Gasteiger partial charge in [-0.05, 0) is 17.1 Å². The van der Waals surface area contributed by atoms with Crippen molar-refractivity contribution in [3.63, 3.8) is 0 Å². The van der Waals surface area contributed by atoms with Crippen LogP contribution in [-0.2, 0) is 0 Å². The van der Waals surface area contributed by atoms with Gasteiger partial charge in [0.15, 0.2) is 4.34 Å². The summed E-state index contributed by atoms with van der Waals surface area (Å²) in [7, 11) is 0. The Kier molecular flexibility index (Phi) is 3.91. The van der Waals surface area contributed by atoms with Crippen LogP contribution in [0, 0.1) is 11.3 Å². The average Bonchev–Trinajstić information content (AvgIpc) is 2.84. The molecule has 0 fully saturated rings. The first-order valence-corrected chi connectivity index (χ1v) is 6.50. The van der Waals surface area contributed by atoms with Crippen LogP contribution in [0.1, 0.15) is 11.5 Å². The lowest BCUT2D eigenvalue weighted by Crippen LogP contribution is -1.98. The summed E-state index contributed by atoms with van der Waals surface area (Å²) in [5, 5.41) is 9.11. The zero-order valence-corrected chi connectivity index (χ0v) is 10.0. The van der Waals surface area contributed by atoms with Crippen molar-refractivity contribution in [1.29, 1.82) is 5.26 Å². The second-order valence-corrected chi connectivity index (χ2v) is 5.16. The van der Waals surface area contributed by atoms with Crippen LogP contribution in [-0.4, -0.2) is 15.1 Å². The molecule has 3 nitrogen and oxygen atoms in total. The molecule has 1 aromatic heterocycles. The van der Waals surface area contributed by atoms with Crippen molar-refractivity contribution in [2.75, 3.05) is 5.75 Å². The Labute approximate surface area is 102 Å². The van der Waals surface area contributed by atoms with Crippen LogP contribution < -0.4 is 0 Å². The van der Waals surface area contributed by atoms with Crippen LogP contribution >= 0.6 is 23.3 Å². The fourth-order valence-corrected chi connectivity index (χ4v) is 2.80. The fourth-order valence-electron chi connectivity index (χ4n) is 1.27. The summed E-state index contributed by atoms with van der Waals surface area (Å²) in [4.78, 5) is 4.08. The Morgan fingerprint density at radius 3 is 2.81 bits per heavy atom. The molecule has 1 aromatic carbocycles. The first-order valence-electron chi connectivity index (χ1n) is 4.74. The van der Waals surface area contributed by atoms with Crippen LogP contribution in [0.15, 0.2) is 41.0 Å². The summed E-state index contributed by atoms with van der Waals surface area (Å²) in [5.74, 6) is 0.630. The summed E-state index contributed by atoms with van der Waals surface area (Å²) < 4.78 is 4.84. The normalized spacial score (nSPS) is 11.9. The van der Waals surface area contributed by atoms with E-state index in [0.29, 0.717) is 0 Å². The Hall–Kier alpha value is -1.38. The van der Waals surface area contributed by atoms with E-state index in [9.17, 15) is 0 Å². The van der Waals surface area contributed by atoms with Crippen molar-refractivity contribution < 1.29 is 0 Å². The molecule has 1 unspecified atom stereocenters. The Balaban J connectivity index is 2.00. The minimum Gasteiger partial charge on any atom is -0.216 e. The lowest BCUT2D eigenvalue weighted by molar-refractivity contribution is 0.995. The molecule has 0 saturated carbocycles. The molecular weight excluding hydrogens is 238 g/mol. The van der Waals surface area contributed by atoms with E-state index in [2.05, 4.69) is 15.4 Å². The van der Waals surface area contributed by atoms with E-state index < -0.39 is 0 Å². The summed E-state index contributed by atoms with van der Waals surface area (Å²) >= 11 is 2.94. The standard InChI is InChI=1S/C11H9N3S2/c12-6-10(9-4-2-1-3-5-9)7-15-11-13-8-14-16-11/h1-5,8,10H,7H2. The van der Waals surface area contributed by atoms with Gasteiger partial charge in [0.2, 0.25) is 0 Å². The quantitative estimate of drug-likeness (QED) is 0.779. The average molecular weight is 247 g/mol. The SMILES string of the molecule is N#CC(CSc1ncns1)c1ccccc1. The highest BCUT2D eigenvalue weighted by Crippen LogP contribution is 2.26. The van der Waals surface area contributed by atoms with Crippen LogP contribution in [0.3, 0.4) is 0 Å². The molecule has 5 heteroatoms. The molecule has 0 aliphatic carbocycles. The maximum Gasteiger partial charge on any atom is 0.169 e. The number of aromatic nitrogens is 2. The van der Waals surface area contributed by atoms with Crippen molar-refractivity contribution in [2.45, 2.75) is 10.3 Å². The van der Waals surface area contributed by atoms with E-state index in [1.165, 1.54) is 17.9 Å². The van der Waals surface area contributed by atoms with E-state index >= 15 is 0 Å². The molecular formula is C11H9N3S2. The van der Waals surface area contributed by atoms with Gasteiger partial charge in [-0.2, -0.15) is 9.64 Å². The Morgan fingerprint density at radius 1 is 1.38 bits per heavy atom. The van der Waals surface area contributed by atoms with E-state index in [1.54, 1.807) is 11.8 Å². The molecule has 0 aliphatic heterocycles. The number of thioether (sulfide) groups is 1. The number of rotatable bonds is 4. The summed E-state index contributed by atoms with van der Waals surface area (Å²) in [6.07, 6.45) is 1.54. The first kappa shape index (κ1) is 11.1. The van der Waals surface area contributed by atoms with Crippen molar-refractivity contribution in [2.24, 2.45) is 0 Å². The first-order chi connectivity index (χ1) is 7.90. The van der Waals surface area contributed by atoms with Gasteiger partial charge in [-0.25, -0.2) is 4.98 Å². The molecule has 0 aliphatic rings. The van der Waals surface area contributed by atoms with Crippen molar-refractivity contribution in [3.8, 4) is 6.07 Å². The minimum atomic E-state index is -0.0879. The van der Waals surface area contributed by atoms with E-state index in [-0.39, 0.29) is 5.92 Å². The maximum atomic E-state index is 9.11. The molecule has 1 atom stereocenters. The van der Waals surface area contributed by atoms with Gasteiger partial charge < -0.3 is 0 Å². The predicted molar refractivity (Wildman–Crippen MR) is 65.4 cm³/mol. The number of hydrogen-bond acceptors (Lipinski definition) is 5. The van der Waals surface area contributed by atoms with Crippen LogP contribution in [0.5, 0.6) is 0 Å². The largest absolute Gasteiger partial charge is 0.216 e. The third-order valence-electron chi connectivity index (χ3n) is 2.07. The van der Waals surface area contributed by atoms with Crippen molar-refractivity contribution in [1.82, 2.24) is 9.36 Å². The fraction of sp³-hybridized carbons (Fsp3) is 0.182. The predicted octanol–water partition coefficient (Wildman–Crippen LogP) is 2.94. The Bertz CT molecular complexity index is 462. The van der Waals surface area contributed by atoms with Crippen molar-refractivity contribution >= 4 is 23.3 Å². The van der Waals surface area contributed by atoms with Gasteiger partial charge in [0, 0.05) is 5.75 Å². The smallest absolute Gasteiger partial charge is 0.169 e. The highest BCUT2D eigenvalue weighted by atomic mass is 32.2. The van der Waals surface area contributed by atoms with Crippen LogP contribution in [0.25, 0.3) is 0 Å². The molecule has 0 bridgehead atoms. The van der Waals surface area contributed by atoms with Crippen LogP contribution in [0.4, 0.5) is 0 Å². The Morgan fingerprint density at radius 2 is 2.19 bits per heavy atom. The van der Waals surface area contributed by atoms with Gasteiger partial charge in [0.1, 0.15) is 6.33 Å². The monoisotopic (exact) mass is 247 g/mol. The van der Waals surface area contributed by atoms with Crippen molar-refractivity contribution in [3.05, 3.63) is 42.2 Å². The molecule has 80 valence electrons. The molecule has 1 heterocycles. The lowest BCUT2D eigenvalue weighted by atomic mass is 10.0. The van der Waals surface area contributed by atoms with E-state index in [0.717, 1.165) is 15.7 Å². The highest BCUT2D eigenvalue weighted by Gasteiger charge is 2.11. The van der Waals surface area contributed by atoms with E-state index in [1.807, 2.05) is 30.3 Å². The third kappa shape index (κ3) is 2.81. The van der Waals surface area contributed by atoms with Gasteiger partial charge in [-0.3, -0.25) is 0 Å². The van der Waals surface area contributed by atoms with Gasteiger partial charge in [-0.1, -0.05) is 42.1 Å². The van der Waals surface area contributed by atoms with Gasteiger partial charge >= 0.3 is 0 Å². The minimum absolute atomic E-state index is 0.0879. The molecule has 0 saturated heterocycles. The topological polar surface area (TPSA) is 49.6 Å². The molecule has 16 heavy (non-hydrogen) atoms. The lowest BCUT2D eigenvalue weighted by Gasteiger charge is -2.06. The third-order valence-corrected chi connectivity index (χ3v) is 3.96. The van der Waals surface area contributed by atoms with Gasteiger partial charge in [0.25, 0.3) is 0 Å². The van der Waals surface area contributed by atoms with E-state index in [4.69, 9.17) is 5.26 Å². The molecule has 2 aromatic rings. The number of benzene rings is 1. The second-order valence-electron chi connectivity index (χ2n) is 3.11. The maximum absolute atomic E-state index is 9.11. The zero-order valence-electron chi connectivity index (χ0n) is 8.41. The highest BCUT2D eigenvalue weighted by molar-refractivity contribution is 8.00. The molecule has 2 rings (SSSR count). The molecule has 0 amide bonds. The number of nitriles is 1. The van der Waals surface area contributed by atoms with Crippen LogP contribution in [0.2, 0.25) is 0 Å². The summed E-state index contributed by atoms with van der Waals surface area (Å²) in [5.41, 5.74) is 1.06.